The van der Waals surface area contributed by atoms with Gasteiger partial charge in [-0.15, -0.1) is 0 Å². The van der Waals surface area contributed by atoms with E-state index in [9.17, 15) is 9.18 Å². The van der Waals surface area contributed by atoms with Crippen LogP contribution < -0.4 is 11.1 Å². The SMILES string of the molecule is CN1CCc2c(cccc2-c2cc(-c3cc4c(cc3F)C(=O)NCC4)c(N)nc2F)C1. The number of carbonyl (C=O) groups excluding carboxylic acids is 1. The van der Waals surface area contributed by atoms with Crippen LogP contribution in [0.5, 0.6) is 0 Å². The number of nitrogens with one attached hydrogen (secondary N) is 1. The first-order chi connectivity index (χ1) is 14.9. The van der Waals surface area contributed by atoms with Crippen molar-refractivity contribution >= 4 is 11.7 Å². The second-order valence-corrected chi connectivity index (χ2v) is 8.19. The number of aromatic nitrogens is 1. The van der Waals surface area contributed by atoms with E-state index in [1.54, 1.807) is 12.1 Å². The number of rotatable bonds is 2. The fourth-order valence-corrected chi connectivity index (χ4v) is 4.56. The molecule has 158 valence electrons. The molecule has 2 aliphatic heterocycles. The van der Waals surface area contributed by atoms with Crippen molar-refractivity contribution in [3.63, 3.8) is 0 Å². The van der Waals surface area contributed by atoms with Crippen LogP contribution >= 0.6 is 0 Å². The van der Waals surface area contributed by atoms with Gasteiger partial charge in [-0.05, 0) is 60.3 Å². The maximum Gasteiger partial charge on any atom is 0.251 e. The van der Waals surface area contributed by atoms with Crippen molar-refractivity contribution in [2.45, 2.75) is 19.4 Å². The Morgan fingerprint density at radius 1 is 1.00 bits per heavy atom. The Morgan fingerprint density at radius 3 is 2.68 bits per heavy atom. The Hall–Kier alpha value is -3.32. The number of carbonyl (C=O) groups is 1. The molecule has 0 atom stereocenters. The summed E-state index contributed by atoms with van der Waals surface area (Å²) in [6.07, 6.45) is 1.39. The molecule has 0 radical (unpaired) electrons. The Labute approximate surface area is 178 Å². The standard InChI is InChI=1S/C24H22F2N4O/c1-30-8-6-15-14(12-30)3-2-4-16(15)19-10-20(23(27)29-22(19)26)18-9-13-5-7-28-24(31)17(13)11-21(18)25/h2-4,9-11H,5-8,12H2,1H3,(H2,27,29)(H,28,31). The fourth-order valence-electron chi connectivity index (χ4n) is 4.56. The zero-order valence-corrected chi connectivity index (χ0v) is 17.1. The lowest BCUT2D eigenvalue weighted by Crippen LogP contribution is -2.32. The number of nitrogens with two attached hydrogens (primary N) is 1. The second kappa shape index (κ2) is 7.42. The Kier molecular flexibility index (Phi) is 4.70. The van der Waals surface area contributed by atoms with Crippen LogP contribution in [0.3, 0.4) is 0 Å². The molecule has 31 heavy (non-hydrogen) atoms. The number of fused-ring (bicyclic) bond motifs is 2. The van der Waals surface area contributed by atoms with Gasteiger partial charge < -0.3 is 16.0 Å². The third-order valence-corrected chi connectivity index (χ3v) is 6.16. The lowest BCUT2D eigenvalue weighted by Gasteiger charge is -2.27. The molecular weight excluding hydrogens is 398 g/mol. The molecule has 5 nitrogen and oxygen atoms in total. The maximum absolute atomic E-state index is 15.0. The quantitative estimate of drug-likeness (QED) is 0.622. The van der Waals surface area contributed by atoms with Crippen molar-refractivity contribution < 1.29 is 13.6 Å². The highest BCUT2D eigenvalue weighted by atomic mass is 19.1. The molecule has 3 aromatic rings. The first-order valence-corrected chi connectivity index (χ1v) is 10.3. The summed E-state index contributed by atoms with van der Waals surface area (Å²) in [5.41, 5.74) is 10.9. The third-order valence-electron chi connectivity index (χ3n) is 6.16. The van der Waals surface area contributed by atoms with Crippen molar-refractivity contribution in [1.29, 1.82) is 0 Å². The van der Waals surface area contributed by atoms with Gasteiger partial charge in [-0.1, -0.05) is 18.2 Å². The van der Waals surface area contributed by atoms with Gasteiger partial charge in [0.25, 0.3) is 5.91 Å². The largest absolute Gasteiger partial charge is 0.383 e. The molecule has 0 saturated carbocycles. The number of amides is 1. The van der Waals surface area contributed by atoms with Gasteiger partial charge in [-0.2, -0.15) is 4.39 Å². The van der Waals surface area contributed by atoms with E-state index >= 15 is 4.39 Å². The summed E-state index contributed by atoms with van der Waals surface area (Å²) in [4.78, 5) is 18.2. The molecule has 0 aliphatic carbocycles. The van der Waals surface area contributed by atoms with Gasteiger partial charge >= 0.3 is 0 Å². The van der Waals surface area contributed by atoms with Crippen LogP contribution in [-0.2, 0) is 19.4 Å². The van der Waals surface area contributed by atoms with Gasteiger partial charge in [0.1, 0.15) is 11.6 Å². The van der Waals surface area contributed by atoms with E-state index in [0.717, 1.165) is 41.8 Å². The van der Waals surface area contributed by atoms with Crippen LogP contribution in [0.25, 0.3) is 22.3 Å². The lowest BCUT2D eigenvalue weighted by atomic mass is 9.89. The summed E-state index contributed by atoms with van der Waals surface area (Å²) < 4.78 is 30.0. The van der Waals surface area contributed by atoms with E-state index in [0.29, 0.717) is 29.7 Å². The summed E-state index contributed by atoms with van der Waals surface area (Å²) in [6.45, 7) is 2.16. The van der Waals surface area contributed by atoms with Crippen LogP contribution in [0, 0.1) is 11.8 Å². The number of hydrogen-bond acceptors (Lipinski definition) is 4. The number of nitrogen functional groups attached to an aromatic ring is 1. The van der Waals surface area contributed by atoms with Gasteiger partial charge in [0.2, 0.25) is 5.95 Å². The van der Waals surface area contributed by atoms with Gasteiger partial charge in [0.05, 0.1) is 0 Å². The van der Waals surface area contributed by atoms with Crippen molar-refractivity contribution in [2.24, 2.45) is 0 Å². The molecule has 3 N–H and O–H groups in total. The predicted octanol–water partition coefficient (Wildman–Crippen LogP) is 3.55. The molecule has 3 heterocycles. The zero-order chi connectivity index (χ0) is 21.7. The fraction of sp³-hybridized carbons (Fsp3) is 0.250. The topological polar surface area (TPSA) is 71.2 Å². The molecule has 7 heteroatoms. The Morgan fingerprint density at radius 2 is 1.84 bits per heavy atom. The highest BCUT2D eigenvalue weighted by Crippen LogP contribution is 2.37. The molecule has 2 aromatic carbocycles. The number of likely N-dealkylation sites (N-methyl/N-ethyl adjacent to an activating group) is 1. The van der Waals surface area contributed by atoms with Gasteiger partial charge in [-0.3, -0.25) is 4.79 Å². The van der Waals surface area contributed by atoms with Crippen molar-refractivity contribution in [1.82, 2.24) is 15.2 Å². The molecule has 1 amide bonds. The van der Waals surface area contributed by atoms with E-state index in [-0.39, 0.29) is 17.3 Å². The van der Waals surface area contributed by atoms with E-state index in [1.165, 1.54) is 6.07 Å². The van der Waals surface area contributed by atoms with Crippen LogP contribution in [0.15, 0.2) is 36.4 Å². The average molecular weight is 420 g/mol. The van der Waals surface area contributed by atoms with Gasteiger partial charge in [-0.25, -0.2) is 9.37 Å². The minimum Gasteiger partial charge on any atom is -0.383 e. The number of hydrogen-bond donors (Lipinski definition) is 2. The summed E-state index contributed by atoms with van der Waals surface area (Å²) in [5, 5.41) is 2.71. The Balaban J connectivity index is 1.67. The molecule has 0 saturated heterocycles. The lowest BCUT2D eigenvalue weighted by molar-refractivity contribution is 0.0945. The van der Waals surface area contributed by atoms with Crippen molar-refractivity contribution in [3.05, 3.63) is 70.4 Å². The number of nitrogens with zero attached hydrogens (tertiary/aromatic N) is 2. The van der Waals surface area contributed by atoms with Crippen molar-refractivity contribution in [2.75, 3.05) is 25.9 Å². The van der Waals surface area contributed by atoms with Gasteiger partial charge in [0.15, 0.2) is 0 Å². The number of halogens is 2. The first-order valence-electron chi connectivity index (χ1n) is 10.3. The molecular formula is C24H22F2N4O. The van der Waals surface area contributed by atoms with Crippen molar-refractivity contribution in [3.8, 4) is 22.3 Å². The molecule has 1 aromatic heterocycles. The highest BCUT2D eigenvalue weighted by Gasteiger charge is 2.24. The summed E-state index contributed by atoms with van der Waals surface area (Å²) in [6, 6.07) is 10.3. The smallest absolute Gasteiger partial charge is 0.251 e. The normalized spacial score (nSPS) is 15.9. The molecule has 0 unspecified atom stereocenters. The summed E-state index contributed by atoms with van der Waals surface area (Å²) >= 11 is 0. The summed E-state index contributed by atoms with van der Waals surface area (Å²) in [5.74, 6) is -1.63. The minimum absolute atomic E-state index is 0.0788. The maximum atomic E-state index is 15.0. The number of anilines is 1. The zero-order valence-electron chi connectivity index (χ0n) is 17.1. The molecule has 0 fully saturated rings. The monoisotopic (exact) mass is 420 g/mol. The number of benzene rings is 2. The second-order valence-electron chi connectivity index (χ2n) is 8.19. The van der Waals surface area contributed by atoms with Crippen LogP contribution in [-0.4, -0.2) is 35.9 Å². The average Bonchev–Trinajstić information content (AvgIpc) is 2.74. The van der Waals surface area contributed by atoms with Crippen LogP contribution in [0.4, 0.5) is 14.6 Å². The van der Waals surface area contributed by atoms with E-state index in [4.69, 9.17) is 5.73 Å². The van der Waals surface area contributed by atoms with Crippen LogP contribution in [0.1, 0.15) is 27.0 Å². The molecule has 5 rings (SSSR count). The highest BCUT2D eigenvalue weighted by molar-refractivity contribution is 5.97. The Bertz CT molecular complexity index is 1220. The molecule has 0 bridgehead atoms. The third kappa shape index (κ3) is 3.35. The molecule has 0 spiro atoms. The van der Waals surface area contributed by atoms with E-state index in [1.807, 2.05) is 18.2 Å². The van der Waals surface area contributed by atoms with Gasteiger partial charge in [0, 0.05) is 41.9 Å². The van der Waals surface area contributed by atoms with E-state index in [2.05, 4.69) is 22.2 Å². The van der Waals surface area contributed by atoms with E-state index < -0.39 is 11.8 Å². The molecule has 2 aliphatic rings. The summed E-state index contributed by atoms with van der Waals surface area (Å²) in [7, 11) is 2.05. The minimum atomic E-state index is -0.675. The first kappa shape index (κ1) is 19.6. The predicted molar refractivity (Wildman–Crippen MR) is 116 cm³/mol. The number of pyridine rings is 1. The van der Waals surface area contributed by atoms with Crippen LogP contribution in [0.2, 0.25) is 0 Å².